The Balaban J connectivity index is 2.24. The van der Waals surface area contributed by atoms with Crippen molar-refractivity contribution in [3.63, 3.8) is 0 Å². The normalized spacial score (nSPS) is 38.0. The van der Waals surface area contributed by atoms with Gasteiger partial charge >= 0.3 is 5.97 Å². The Morgan fingerprint density at radius 2 is 2.24 bits per heavy atom. The Morgan fingerprint density at radius 1 is 1.53 bits per heavy atom. The number of allylic oxidation sites excluding steroid dienone is 2. The van der Waals surface area contributed by atoms with Crippen LogP contribution in [0.5, 0.6) is 0 Å². The Hall–Kier alpha value is -1.05. The third-order valence-electron chi connectivity index (χ3n) is 4.71. The molecule has 2 rings (SSSR count). The van der Waals surface area contributed by atoms with Crippen molar-refractivity contribution in [2.75, 3.05) is 0 Å². The number of carboxylic acid groups (broad SMARTS) is 1. The molecule has 2 heteroatoms. The topological polar surface area (TPSA) is 37.3 Å². The van der Waals surface area contributed by atoms with Crippen LogP contribution in [-0.4, -0.2) is 11.1 Å². The molecule has 3 atom stereocenters. The lowest BCUT2D eigenvalue weighted by molar-refractivity contribution is -0.132. The number of carbonyl (C=O) groups is 1. The van der Waals surface area contributed by atoms with Crippen LogP contribution in [0.3, 0.4) is 0 Å². The third-order valence-corrected chi connectivity index (χ3v) is 4.71. The van der Waals surface area contributed by atoms with Crippen molar-refractivity contribution >= 4 is 5.97 Å². The minimum absolute atomic E-state index is 0.370. The van der Waals surface area contributed by atoms with E-state index in [1.807, 2.05) is 6.08 Å². The lowest BCUT2D eigenvalue weighted by atomic mass is 9.65. The molecule has 0 saturated heterocycles. The van der Waals surface area contributed by atoms with E-state index < -0.39 is 5.97 Å². The summed E-state index contributed by atoms with van der Waals surface area (Å²) >= 11 is 0. The Kier molecular flexibility index (Phi) is 3.15. The zero-order valence-corrected chi connectivity index (χ0v) is 10.8. The number of carboxylic acids is 1. The Bertz CT molecular complexity index is 380. The molecule has 0 aromatic carbocycles. The van der Waals surface area contributed by atoms with Gasteiger partial charge in [0.1, 0.15) is 0 Å². The van der Waals surface area contributed by atoms with E-state index in [2.05, 4.69) is 13.5 Å². The number of rotatable bonds is 2. The van der Waals surface area contributed by atoms with Crippen molar-refractivity contribution in [3.8, 4) is 0 Å². The molecule has 0 spiro atoms. The first kappa shape index (κ1) is 12.4. The fraction of sp³-hybridized carbons (Fsp3) is 0.667. The van der Waals surface area contributed by atoms with Gasteiger partial charge in [-0.1, -0.05) is 25.2 Å². The summed E-state index contributed by atoms with van der Waals surface area (Å²) in [5.74, 6) is 0.106. The predicted octanol–water partition coefficient (Wildman–Crippen LogP) is 3.79. The molecule has 2 saturated carbocycles. The van der Waals surface area contributed by atoms with Crippen molar-refractivity contribution in [2.24, 2.45) is 17.3 Å². The largest absolute Gasteiger partial charge is 0.478 e. The monoisotopic (exact) mass is 234 g/mol. The summed E-state index contributed by atoms with van der Waals surface area (Å²) in [5, 5.41) is 8.98. The maximum atomic E-state index is 10.9. The maximum Gasteiger partial charge on any atom is 0.330 e. The average molecular weight is 234 g/mol. The molecule has 0 aromatic rings. The van der Waals surface area contributed by atoms with Gasteiger partial charge in [-0.05, 0) is 56.3 Å². The minimum Gasteiger partial charge on any atom is -0.478 e. The molecule has 0 aromatic heterocycles. The van der Waals surface area contributed by atoms with Gasteiger partial charge in [0.05, 0.1) is 0 Å². The molecule has 0 unspecified atom stereocenters. The molecule has 2 fully saturated rings. The molecule has 1 N–H and O–H groups in total. The lowest BCUT2D eigenvalue weighted by Gasteiger charge is -2.39. The van der Waals surface area contributed by atoms with E-state index in [-0.39, 0.29) is 0 Å². The van der Waals surface area contributed by atoms with Crippen molar-refractivity contribution in [1.82, 2.24) is 0 Å². The molecule has 0 radical (unpaired) electrons. The van der Waals surface area contributed by atoms with E-state index >= 15 is 0 Å². The van der Waals surface area contributed by atoms with Crippen LogP contribution in [0.25, 0.3) is 0 Å². The number of hydrogen-bond acceptors (Lipinski definition) is 1. The van der Waals surface area contributed by atoms with Gasteiger partial charge in [0.25, 0.3) is 0 Å². The Labute approximate surface area is 103 Å². The molecule has 0 amide bonds. The van der Waals surface area contributed by atoms with Gasteiger partial charge in [0.2, 0.25) is 0 Å². The van der Waals surface area contributed by atoms with Crippen molar-refractivity contribution in [3.05, 3.63) is 23.8 Å². The summed E-state index contributed by atoms with van der Waals surface area (Å²) in [6, 6.07) is 0. The third kappa shape index (κ3) is 2.18. The van der Waals surface area contributed by atoms with E-state index in [0.717, 1.165) is 12.8 Å². The van der Waals surface area contributed by atoms with E-state index in [1.165, 1.54) is 24.8 Å². The molecule has 0 bridgehead atoms. The molecule has 2 nitrogen and oxygen atoms in total. The van der Waals surface area contributed by atoms with Gasteiger partial charge in [0, 0.05) is 5.57 Å². The Morgan fingerprint density at radius 3 is 2.88 bits per heavy atom. The van der Waals surface area contributed by atoms with E-state index in [0.29, 0.717) is 22.8 Å². The van der Waals surface area contributed by atoms with E-state index in [1.54, 1.807) is 6.92 Å². The molecule has 17 heavy (non-hydrogen) atoms. The molecule has 2 aliphatic rings. The summed E-state index contributed by atoms with van der Waals surface area (Å²) in [4.78, 5) is 10.9. The second-order valence-electron chi connectivity index (χ2n) is 6.00. The van der Waals surface area contributed by atoms with Gasteiger partial charge in [-0.15, -0.1) is 0 Å². The van der Waals surface area contributed by atoms with Gasteiger partial charge in [-0.3, -0.25) is 0 Å². The van der Waals surface area contributed by atoms with Crippen LogP contribution in [0.1, 0.15) is 46.0 Å². The van der Waals surface area contributed by atoms with E-state index in [4.69, 9.17) is 5.11 Å². The molecule has 94 valence electrons. The zero-order valence-electron chi connectivity index (χ0n) is 10.8. The fourth-order valence-electron chi connectivity index (χ4n) is 3.86. The zero-order chi connectivity index (χ0) is 12.6. The van der Waals surface area contributed by atoms with Gasteiger partial charge < -0.3 is 5.11 Å². The number of hydrogen-bond donors (Lipinski definition) is 1. The SMILES string of the molecule is C=C1CCC[C@]2(C)CC[C@H](/C=C(\C)C(=O)O)[C@@H]12. The van der Waals surface area contributed by atoms with Crippen molar-refractivity contribution < 1.29 is 9.90 Å². The van der Waals surface area contributed by atoms with Crippen LogP contribution >= 0.6 is 0 Å². The summed E-state index contributed by atoms with van der Waals surface area (Å²) in [5.41, 5.74) is 2.20. The van der Waals surface area contributed by atoms with Crippen LogP contribution in [0.15, 0.2) is 23.8 Å². The number of fused-ring (bicyclic) bond motifs is 1. The second-order valence-corrected chi connectivity index (χ2v) is 6.00. The first-order valence-corrected chi connectivity index (χ1v) is 6.53. The van der Waals surface area contributed by atoms with Crippen molar-refractivity contribution in [2.45, 2.75) is 46.0 Å². The quantitative estimate of drug-likeness (QED) is 0.583. The average Bonchev–Trinajstić information content (AvgIpc) is 2.57. The fourth-order valence-corrected chi connectivity index (χ4v) is 3.86. The lowest BCUT2D eigenvalue weighted by Crippen LogP contribution is -2.30. The summed E-state index contributed by atoms with van der Waals surface area (Å²) < 4.78 is 0. The molecule has 0 aliphatic heterocycles. The second kappa shape index (κ2) is 4.32. The molecule has 2 aliphatic carbocycles. The van der Waals surface area contributed by atoms with Crippen LogP contribution in [0.2, 0.25) is 0 Å². The maximum absolute atomic E-state index is 10.9. The van der Waals surface area contributed by atoms with Gasteiger partial charge in [0.15, 0.2) is 0 Å². The highest BCUT2D eigenvalue weighted by atomic mass is 16.4. The van der Waals surface area contributed by atoms with Crippen LogP contribution in [0.4, 0.5) is 0 Å². The number of aliphatic carboxylic acids is 1. The molecular weight excluding hydrogens is 212 g/mol. The highest BCUT2D eigenvalue weighted by Crippen LogP contribution is 2.56. The summed E-state index contributed by atoms with van der Waals surface area (Å²) in [6.07, 6.45) is 7.94. The van der Waals surface area contributed by atoms with Crippen LogP contribution in [0, 0.1) is 17.3 Å². The van der Waals surface area contributed by atoms with Crippen LogP contribution < -0.4 is 0 Å². The standard InChI is InChI=1S/C15H22O2/c1-10-5-4-7-15(3)8-6-12(13(10)15)9-11(2)14(16)17/h9,12-13H,1,4-8H2,2-3H3,(H,16,17)/b11-9+/t12-,13-,15-/m1/s1. The van der Waals surface area contributed by atoms with Gasteiger partial charge in [-0.25, -0.2) is 4.79 Å². The highest BCUT2D eigenvalue weighted by Gasteiger charge is 2.46. The van der Waals surface area contributed by atoms with Crippen LogP contribution in [-0.2, 0) is 4.79 Å². The molecule has 0 heterocycles. The van der Waals surface area contributed by atoms with Crippen molar-refractivity contribution in [1.29, 1.82) is 0 Å². The van der Waals surface area contributed by atoms with E-state index in [9.17, 15) is 4.79 Å². The first-order chi connectivity index (χ1) is 7.94. The van der Waals surface area contributed by atoms with Gasteiger partial charge in [-0.2, -0.15) is 0 Å². The highest BCUT2D eigenvalue weighted by molar-refractivity contribution is 5.85. The minimum atomic E-state index is -0.792. The summed E-state index contributed by atoms with van der Waals surface area (Å²) in [6.45, 7) is 8.28. The first-order valence-electron chi connectivity index (χ1n) is 6.53. The molecular formula is C15H22O2. The predicted molar refractivity (Wildman–Crippen MR) is 68.7 cm³/mol. The summed E-state index contributed by atoms with van der Waals surface area (Å²) in [7, 11) is 0. The smallest absolute Gasteiger partial charge is 0.330 e.